The molecule has 0 bridgehead atoms. The molecule has 1 atom stereocenters. The minimum atomic E-state index is -0.831. The van der Waals surface area contributed by atoms with Crippen LogP contribution in [0.2, 0.25) is 0 Å². The minimum Gasteiger partial charge on any atom is -0.467 e. The second-order valence-electron chi connectivity index (χ2n) is 5.54. The van der Waals surface area contributed by atoms with Crippen molar-refractivity contribution >= 4 is 11.9 Å². The number of carbonyl (C=O) groups excluding carboxylic acids is 2. The highest BCUT2D eigenvalue weighted by Gasteiger charge is 2.31. The molecule has 0 aliphatic heterocycles. The normalized spacial score (nSPS) is 12.0. The second-order valence-corrected chi connectivity index (χ2v) is 5.54. The molecule has 0 fully saturated rings. The van der Waals surface area contributed by atoms with Crippen LogP contribution in [0, 0.1) is 0 Å². The predicted octanol–water partition coefficient (Wildman–Crippen LogP) is -0.352. The fraction of sp³-hybridized carbons (Fsp3) is 0.706. The number of rotatable bonds is 15. The Morgan fingerprint density at radius 3 is 2.37 bits per heavy atom. The largest absolute Gasteiger partial charge is 0.467 e. The van der Waals surface area contributed by atoms with E-state index < -0.39 is 12.0 Å². The third-order valence-corrected chi connectivity index (χ3v) is 3.69. The van der Waals surface area contributed by atoms with Gasteiger partial charge < -0.3 is 33.6 Å². The molecule has 0 aliphatic carbocycles. The Balaban J connectivity index is 2.78. The average Bonchev–Trinajstić information content (AvgIpc) is 3.19. The van der Waals surface area contributed by atoms with E-state index in [1.807, 2.05) is 0 Å². The first-order chi connectivity index (χ1) is 13.1. The maximum atomic E-state index is 12.7. The van der Waals surface area contributed by atoms with Gasteiger partial charge in [-0.3, -0.25) is 4.79 Å². The molecule has 10 nitrogen and oxygen atoms in total. The van der Waals surface area contributed by atoms with Crippen molar-refractivity contribution in [2.45, 2.75) is 12.5 Å². The first kappa shape index (κ1) is 23.0. The van der Waals surface area contributed by atoms with Crippen LogP contribution in [0.3, 0.4) is 0 Å². The van der Waals surface area contributed by atoms with Gasteiger partial charge in [-0.05, 0) is 0 Å². The summed E-state index contributed by atoms with van der Waals surface area (Å²) in [6.07, 6.45) is 3.40. The third-order valence-electron chi connectivity index (χ3n) is 3.69. The molecule has 0 aliphatic rings. The fourth-order valence-electron chi connectivity index (χ4n) is 2.30. The number of nitrogens with one attached hydrogen (secondary N) is 1. The van der Waals surface area contributed by atoms with Crippen molar-refractivity contribution in [2.75, 3.05) is 67.5 Å². The second kappa shape index (κ2) is 14.1. The number of H-pyrrole nitrogens is 1. The van der Waals surface area contributed by atoms with Gasteiger partial charge in [-0.25, -0.2) is 9.78 Å². The number of aromatic amines is 1. The van der Waals surface area contributed by atoms with E-state index in [1.165, 1.54) is 18.3 Å². The van der Waals surface area contributed by atoms with Crippen LogP contribution >= 0.6 is 0 Å². The van der Waals surface area contributed by atoms with E-state index in [0.717, 1.165) is 0 Å². The Hall–Kier alpha value is -2.01. The van der Waals surface area contributed by atoms with Gasteiger partial charge in [-0.15, -0.1) is 0 Å². The lowest BCUT2D eigenvalue weighted by molar-refractivity contribution is -0.155. The molecule has 0 aromatic carbocycles. The van der Waals surface area contributed by atoms with E-state index in [-0.39, 0.29) is 38.7 Å². The first-order valence-electron chi connectivity index (χ1n) is 8.62. The van der Waals surface area contributed by atoms with Crippen LogP contribution in [-0.4, -0.2) is 100 Å². The van der Waals surface area contributed by atoms with Crippen molar-refractivity contribution in [3.63, 3.8) is 0 Å². The molecule has 1 N–H and O–H groups in total. The molecule has 1 aromatic heterocycles. The molecule has 0 saturated carbocycles. The number of esters is 1. The van der Waals surface area contributed by atoms with Gasteiger partial charge >= 0.3 is 5.97 Å². The molecule has 1 rings (SSSR count). The van der Waals surface area contributed by atoms with E-state index in [1.54, 1.807) is 20.4 Å². The topological polar surface area (TPSA) is 112 Å². The molecular formula is C17H29N3O7. The van der Waals surface area contributed by atoms with Crippen molar-refractivity contribution in [3.8, 4) is 0 Å². The Kier molecular flexibility index (Phi) is 12.0. The maximum absolute atomic E-state index is 12.7. The molecule has 154 valence electrons. The van der Waals surface area contributed by atoms with E-state index in [9.17, 15) is 9.59 Å². The summed E-state index contributed by atoms with van der Waals surface area (Å²) in [5.41, 5.74) is 0.642. The Morgan fingerprint density at radius 1 is 1.07 bits per heavy atom. The molecule has 1 heterocycles. The average molecular weight is 387 g/mol. The summed E-state index contributed by atoms with van der Waals surface area (Å²) in [6, 6.07) is -0.831. The zero-order chi connectivity index (χ0) is 19.9. The molecule has 0 unspecified atom stereocenters. The number of ether oxygens (including phenoxy) is 5. The number of aromatic nitrogens is 2. The first-order valence-corrected chi connectivity index (χ1v) is 8.62. The summed E-state index contributed by atoms with van der Waals surface area (Å²) in [4.78, 5) is 33.3. The Morgan fingerprint density at radius 2 is 1.78 bits per heavy atom. The number of nitrogens with zero attached hydrogens (tertiary/aromatic N) is 2. The van der Waals surface area contributed by atoms with E-state index in [0.29, 0.717) is 25.5 Å². The molecule has 0 saturated heterocycles. The molecular weight excluding hydrogens is 358 g/mol. The SMILES string of the molecule is COCCOCCN(C(=O)COCCOC)[C@@H](Cc1c[nH]cn1)C(=O)OC. The van der Waals surface area contributed by atoms with Gasteiger partial charge in [0.05, 0.1) is 52.2 Å². The quantitative estimate of drug-likeness (QED) is 0.321. The molecule has 10 heteroatoms. The predicted molar refractivity (Wildman–Crippen MR) is 95.2 cm³/mol. The van der Waals surface area contributed by atoms with Crippen molar-refractivity contribution in [1.82, 2.24) is 14.9 Å². The summed E-state index contributed by atoms with van der Waals surface area (Å²) in [6.45, 7) is 1.79. The summed E-state index contributed by atoms with van der Waals surface area (Å²) in [5.74, 6) is -0.868. The van der Waals surface area contributed by atoms with Crippen LogP contribution in [0.1, 0.15) is 5.69 Å². The van der Waals surface area contributed by atoms with Gasteiger partial charge in [0.25, 0.3) is 0 Å². The van der Waals surface area contributed by atoms with Gasteiger partial charge in [-0.2, -0.15) is 0 Å². The van der Waals surface area contributed by atoms with Crippen molar-refractivity contribution in [1.29, 1.82) is 0 Å². The molecule has 27 heavy (non-hydrogen) atoms. The number of imidazole rings is 1. The highest BCUT2D eigenvalue weighted by atomic mass is 16.5. The standard InChI is InChI=1S/C17H29N3O7/c1-23-6-8-26-5-4-20(16(21)12-27-9-7-24-2)15(17(22)25-3)10-14-11-18-13-19-14/h11,13,15H,4-10,12H2,1-3H3,(H,18,19)/t15-/m0/s1. The number of amides is 1. The number of carbonyl (C=O) groups is 2. The zero-order valence-corrected chi connectivity index (χ0v) is 16.1. The zero-order valence-electron chi connectivity index (χ0n) is 16.1. The van der Waals surface area contributed by atoms with Crippen molar-refractivity contribution in [2.24, 2.45) is 0 Å². The van der Waals surface area contributed by atoms with Gasteiger partial charge in [0, 0.05) is 33.4 Å². The molecule has 0 spiro atoms. The third kappa shape index (κ3) is 8.96. The molecule has 1 aromatic rings. The lowest BCUT2D eigenvalue weighted by Crippen LogP contribution is -2.49. The molecule has 1 amide bonds. The number of hydrogen-bond donors (Lipinski definition) is 1. The summed E-state index contributed by atoms with van der Waals surface area (Å²) >= 11 is 0. The lowest BCUT2D eigenvalue weighted by atomic mass is 10.1. The van der Waals surface area contributed by atoms with E-state index in [2.05, 4.69) is 9.97 Å². The lowest BCUT2D eigenvalue weighted by Gasteiger charge is -2.29. The van der Waals surface area contributed by atoms with Crippen LogP contribution in [0.4, 0.5) is 0 Å². The van der Waals surface area contributed by atoms with Crippen molar-refractivity contribution in [3.05, 3.63) is 18.2 Å². The summed E-state index contributed by atoms with van der Waals surface area (Å²) < 4.78 is 25.5. The Bertz CT molecular complexity index is 525. The van der Waals surface area contributed by atoms with E-state index in [4.69, 9.17) is 23.7 Å². The van der Waals surface area contributed by atoms with E-state index >= 15 is 0 Å². The van der Waals surface area contributed by atoms with Crippen molar-refractivity contribution < 1.29 is 33.3 Å². The monoisotopic (exact) mass is 387 g/mol. The van der Waals surface area contributed by atoms with Gasteiger partial charge in [0.15, 0.2) is 0 Å². The minimum absolute atomic E-state index is 0.171. The smallest absolute Gasteiger partial charge is 0.328 e. The van der Waals surface area contributed by atoms with Crippen LogP contribution < -0.4 is 0 Å². The van der Waals surface area contributed by atoms with Gasteiger partial charge in [-0.1, -0.05) is 0 Å². The van der Waals surface area contributed by atoms with Crippen LogP contribution in [0.5, 0.6) is 0 Å². The van der Waals surface area contributed by atoms with Gasteiger partial charge in [0.2, 0.25) is 5.91 Å². The van der Waals surface area contributed by atoms with Crippen LogP contribution in [0.15, 0.2) is 12.5 Å². The van der Waals surface area contributed by atoms with Crippen LogP contribution in [-0.2, 0) is 39.7 Å². The van der Waals surface area contributed by atoms with Gasteiger partial charge in [0.1, 0.15) is 12.6 Å². The maximum Gasteiger partial charge on any atom is 0.328 e. The fourth-order valence-corrected chi connectivity index (χ4v) is 2.30. The highest BCUT2D eigenvalue weighted by Crippen LogP contribution is 2.10. The number of hydrogen-bond acceptors (Lipinski definition) is 8. The Labute approximate surface area is 159 Å². The number of methoxy groups -OCH3 is 3. The summed E-state index contributed by atoms with van der Waals surface area (Å²) in [7, 11) is 4.41. The molecule has 0 radical (unpaired) electrons. The summed E-state index contributed by atoms with van der Waals surface area (Å²) in [5, 5.41) is 0. The van der Waals surface area contributed by atoms with Crippen LogP contribution in [0.25, 0.3) is 0 Å². The highest BCUT2D eigenvalue weighted by molar-refractivity contribution is 5.85.